The summed E-state index contributed by atoms with van der Waals surface area (Å²) in [6.45, 7) is 3.25. The van der Waals surface area contributed by atoms with Crippen LogP contribution in [0.25, 0.3) is 0 Å². The third-order valence-electron chi connectivity index (χ3n) is 1.67. The van der Waals surface area contributed by atoms with Crippen LogP contribution in [0.1, 0.15) is 6.92 Å². The van der Waals surface area contributed by atoms with Gasteiger partial charge in [0.2, 0.25) is 6.10 Å². The smallest absolute Gasteiger partial charge is 0.426 e. The molecule has 0 saturated heterocycles. The Morgan fingerprint density at radius 2 is 1.85 bits per heavy atom. The van der Waals surface area contributed by atoms with Crippen LogP contribution < -0.4 is 0 Å². The SMILES string of the molecule is C=C(C)C(=O)OCC(=O)OC(CS(=O)(=O)O)C(F)(F)F. The van der Waals surface area contributed by atoms with Crippen molar-refractivity contribution < 1.29 is 45.2 Å². The number of ether oxygens (including phenoxy) is 2. The number of halogens is 3. The van der Waals surface area contributed by atoms with Crippen LogP contribution >= 0.6 is 0 Å². The quantitative estimate of drug-likeness (QED) is 0.430. The van der Waals surface area contributed by atoms with E-state index in [0.29, 0.717) is 0 Å². The van der Waals surface area contributed by atoms with Gasteiger partial charge in [-0.2, -0.15) is 21.6 Å². The largest absolute Gasteiger partial charge is 0.450 e. The molecule has 1 unspecified atom stereocenters. The van der Waals surface area contributed by atoms with Crippen molar-refractivity contribution in [3.63, 3.8) is 0 Å². The normalized spacial score (nSPS) is 13.4. The summed E-state index contributed by atoms with van der Waals surface area (Å²) in [6, 6.07) is 0. The Balaban J connectivity index is 4.64. The van der Waals surface area contributed by atoms with Gasteiger partial charge in [-0.15, -0.1) is 0 Å². The molecular formula is C9H11F3O7S. The molecule has 11 heteroatoms. The molecule has 0 spiro atoms. The van der Waals surface area contributed by atoms with E-state index in [4.69, 9.17) is 4.55 Å². The molecule has 0 fully saturated rings. The second kappa shape index (κ2) is 6.70. The van der Waals surface area contributed by atoms with Crippen molar-refractivity contribution in [3.8, 4) is 0 Å². The number of rotatable bonds is 6. The Morgan fingerprint density at radius 1 is 1.35 bits per heavy atom. The molecule has 0 aromatic heterocycles. The molecule has 0 aliphatic rings. The second-order valence-electron chi connectivity index (χ2n) is 3.63. The monoisotopic (exact) mass is 320 g/mol. The average Bonchev–Trinajstić information content (AvgIpc) is 2.21. The number of hydrogen-bond acceptors (Lipinski definition) is 6. The maximum Gasteiger partial charge on any atom is 0.426 e. The van der Waals surface area contributed by atoms with E-state index in [9.17, 15) is 31.2 Å². The lowest BCUT2D eigenvalue weighted by Crippen LogP contribution is -2.40. The van der Waals surface area contributed by atoms with Gasteiger partial charge in [0.25, 0.3) is 10.1 Å². The first-order chi connectivity index (χ1) is 8.83. The van der Waals surface area contributed by atoms with E-state index >= 15 is 0 Å². The maximum atomic E-state index is 12.4. The van der Waals surface area contributed by atoms with Crippen LogP contribution in [0.4, 0.5) is 13.2 Å². The Morgan fingerprint density at radius 3 is 2.20 bits per heavy atom. The third-order valence-corrected chi connectivity index (χ3v) is 2.39. The molecule has 0 radical (unpaired) electrons. The molecule has 20 heavy (non-hydrogen) atoms. The van der Waals surface area contributed by atoms with Gasteiger partial charge in [0, 0.05) is 5.57 Å². The summed E-state index contributed by atoms with van der Waals surface area (Å²) < 4.78 is 74.2. The highest BCUT2D eigenvalue weighted by molar-refractivity contribution is 7.85. The first-order valence-electron chi connectivity index (χ1n) is 4.87. The third kappa shape index (κ3) is 7.74. The molecule has 0 aliphatic heterocycles. The predicted molar refractivity (Wildman–Crippen MR) is 58.1 cm³/mol. The molecule has 0 saturated carbocycles. The van der Waals surface area contributed by atoms with E-state index in [1.807, 2.05) is 0 Å². The van der Waals surface area contributed by atoms with Gasteiger partial charge in [0.05, 0.1) is 0 Å². The van der Waals surface area contributed by atoms with Crippen molar-refractivity contribution in [3.05, 3.63) is 12.2 Å². The fraction of sp³-hybridized carbons (Fsp3) is 0.556. The van der Waals surface area contributed by atoms with Crippen molar-refractivity contribution in [1.82, 2.24) is 0 Å². The van der Waals surface area contributed by atoms with Crippen LogP contribution in [-0.4, -0.2) is 49.5 Å². The molecule has 1 atom stereocenters. The minimum Gasteiger partial charge on any atom is -0.450 e. The van der Waals surface area contributed by atoms with Gasteiger partial charge >= 0.3 is 18.1 Å². The fourth-order valence-corrected chi connectivity index (χ4v) is 1.47. The van der Waals surface area contributed by atoms with Gasteiger partial charge in [0.1, 0.15) is 5.75 Å². The highest BCUT2D eigenvalue weighted by Gasteiger charge is 2.45. The van der Waals surface area contributed by atoms with Gasteiger partial charge in [-0.05, 0) is 6.92 Å². The standard InChI is InChI=1S/C9H11F3O7S/c1-5(2)8(14)18-3-7(13)19-6(9(10,11)12)4-20(15,16)17/h6H,1,3-4H2,2H3,(H,15,16,17). The Hall–Kier alpha value is -1.62. The van der Waals surface area contributed by atoms with Gasteiger partial charge in [-0.1, -0.05) is 6.58 Å². The van der Waals surface area contributed by atoms with Crippen molar-refractivity contribution in [2.75, 3.05) is 12.4 Å². The molecule has 0 aromatic carbocycles. The van der Waals surface area contributed by atoms with E-state index in [1.54, 1.807) is 0 Å². The highest BCUT2D eigenvalue weighted by Crippen LogP contribution is 2.24. The van der Waals surface area contributed by atoms with E-state index in [-0.39, 0.29) is 5.57 Å². The average molecular weight is 320 g/mol. The molecule has 0 aliphatic carbocycles. The van der Waals surface area contributed by atoms with Crippen LogP contribution in [0, 0.1) is 0 Å². The zero-order valence-electron chi connectivity index (χ0n) is 10.1. The molecule has 116 valence electrons. The summed E-state index contributed by atoms with van der Waals surface area (Å²) in [5.41, 5.74) is -0.0943. The first-order valence-corrected chi connectivity index (χ1v) is 6.48. The summed E-state index contributed by atoms with van der Waals surface area (Å²) in [7, 11) is -5.02. The Bertz CT molecular complexity index is 494. The summed E-state index contributed by atoms with van der Waals surface area (Å²) in [5, 5.41) is 0. The van der Waals surface area contributed by atoms with Crippen LogP contribution in [0.15, 0.2) is 12.2 Å². The van der Waals surface area contributed by atoms with E-state index in [1.165, 1.54) is 6.92 Å². The van der Waals surface area contributed by atoms with Gasteiger partial charge in [-0.3, -0.25) is 4.55 Å². The highest BCUT2D eigenvalue weighted by atomic mass is 32.2. The van der Waals surface area contributed by atoms with Crippen molar-refractivity contribution in [1.29, 1.82) is 0 Å². The van der Waals surface area contributed by atoms with Crippen molar-refractivity contribution in [2.24, 2.45) is 0 Å². The predicted octanol–water partition coefficient (Wildman–Crippen LogP) is 0.468. The van der Waals surface area contributed by atoms with Gasteiger partial charge in [-0.25, -0.2) is 9.59 Å². The fourth-order valence-electron chi connectivity index (χ4n) is 0.827. The minimum absolute atomic E-state index is 0.0943. The van der Waals surface area contributed by atoms with Crippen LogP contribution in [-0.2, 0) is 29.2 Å². The topological polar surface area (TPSA) is 107 Å². The summed E-state index contributed by atoms with van der Waals surface area (Å²) >= 11 is 0. The van der Waals surface area contributed by atoms with Crippen molar-refractivity contribution in [2.45, 2.75) is 19.2 Å². The van der Waals surface area contributed by atoms with E-state index < -0.39 is 46.7 Å². The van der Waals surface area contributed by atoms with Gasteiger partial charge < -0.3 is 9.47 Å². The number of hydrogen-bond donors (Lipinski definition) is 1. The lowest BCUT2D eigenvalue weighted by molar-refractivity contribution is -0.217. The molecule has 1 N–H and O–H groups in total. The molecule has 7 nitrogen and oxygen atoms in total. The Labute approximate surface area is 112 Å². The lowest BCUT2D eigenvalue weighted by Gasteiger charge is -2.19. The summed E-state index contributed by atoms with van der Waals surface area (Å²) in [6.07, 6.45) is -8.27. The molecule has 0 bridgehead atoms. The Kier molecular flexibility index (Phi) is 6.16. The number of carbonyl (C=O) groups excluding carboxylic acids is 2. The number of carbonyl (C=O) groups is 2. The van der Waals surface area contributed by atoms with Crippen LogP contribution in [0.5, 0.6) is 0 Å². The number of esters is 2. The van der Waals surface area contributed by atoms with Gasteiger partial charge in [0.15, 0.2) is 6.61 Å². The molecular weight excluding hydrogens is 309 g/mol. The molecule has 0 heterocycles. The zero-order chi connectivity index (χ0) is 16.1. The van der Waals surface area contributed by atoms with E-state index in [2.05, 4.69) is 16.1 Å². The number of alkyl halides is 3. The first kappa shape index (κ1) is 18.4. The zero-order valence-corrected chi connectivity index (χ0v) is 11.0. The van der Waals surface area contributed by atoms with E-state index in [0.717, 1.165) is 0 Å². The second-order valence-corrected chi connectivity index (χ2v) is 5.12. The summed E-state index contributed by atoms with van der Waals surface area (Å²) in [5.74, 6) is -4.50. The molecule has 0 amide bonds. The maximum absolute atomic E-state index is 12.4. The lowest BCUT2D eigenvalue weighted by atomic mass is 10.4. The van der Waals surface area contributed by atoms with Crippen LogP contribution in [0.3, 0.4) is 0 Å². The summed E-state index contributed by atoms with van der Waals surface area (Å²) in [4.78, 5) is 21.9. The van der Waals surface area contributed by atoms with Crippen molar-refractivity contribution >= 4 is 22.1 Å². The molecule has 0 aromatic rings. The molecule has 0 rings (SSSR count). The minimum atomic E-state index is -5.20. The van der Waals surface area contributed by atoms with Crippen LogP contribution in [0.2, 0.25) is 0 Å².